The van der Waals surface area contributed by atoms with Gasteiger partial charge in [-0.25, -0.2) is 9.97 Å². The van der Waals surface area contributed by atoms with Gasteiger partial charge in [0.25, 0.3) is 0 Å². The van der Waals surface area contributed by atoms with Gasteiger partial charge in [0.05, 0.1) is 36.2 Å². The normalized spacial score (nSPS) is 20.0. The van der Waals surface area contributed by atoms with Crippen LogP contribution in [0.1, 0.15) is 25.0 Å². The fourth-order valence-corrected chi connectivity index (χ4v) is 3.70. The lowest BCUT2D eigenvalue weighted by molar-refractivity contribution is 0.104. The van der Waals surface area contributed by atoms with Crippen molar-refractivity contribution in [1.82, 2.24) is 9.97 Å². The molecule has 144 valence electrons. The van der Waals surface area contributed by atoms with Gasteiger partial charge in [0, 0.05) is 31.1 Å². The second-order valence-electron chi connectivity index (χ2n) is 6.93. The van der Waals surface area contributed by atoms with Crippen LogP contribution in [0.3, 0.4) is 0 Å². The average Bonchev–Trinajstić information content (AvgIpc) is 3.23. The smallest absolute Gasteiger partial charge is 0.227 e. The molecule has 0 amide bonds. The number of ether oxygens (including phenoxy) is 2. The molecule has 27 heavy (non-hydrogen) atoms. The van der Waals surface area contributed by atoms with Crippen LogP contribution in [-0.4, -0.2) is 49.0 Å². The third-order valence-corrected chi connectivity index (χ3v) is 5.36. The highest BCUT2D eigenvalue weighted by molar-refractivity contribution is 6.31. The van der Waals surface area contributed by atoms with Crippen LogP contribution in [0.25, 0.3) is 0 Å². The Morgan fingerprint density at radius 3 is 2.70 bits per heavy atom. The lowest BCUT2D eigenvalue weighted by Crippen LogP contribution is -2.36. The predicted octanol–water partition coefficient (Wildman–Crippen LogP) is 3.82. The van der Waals surface area contributed by atoms with E-state index < -0.39 is 0 Å². The molecule has 2 aliphatic heterocycles. The molecule has 6 nitrogen and oxygen atoms in total. The zero-order valence-electron chi connectivity index (χ0n) is 15.4. The van der Waals surface area contributed by atoms with Gasteiger partial charge in [0.2, 0.25) is 5.95 Å². The fraction of sp³-hybridized carbons (Fsp3) is 0.500. The Hall–Kier alpha value is -1.89. The number of halogens is 1. The maximum absolute atomic E-state index is 6.28. The van der Waals surface area contributed by atoms with Gasteiger partial charge in [0.15, 0.2) is 0 Å². The molecular formula is C20H25ClN4O2. The minimum atomic E-state index is 0.333. The van der Waals surface area contributed by atoms with Crippen LogP contribution < -0.4 is 10.2 Å². The molecule has 2 aliphatic rings. The number of nitrogens with one attached hydrogen (secondary N) is 1. The van der Waals surface area contributed by atoms with E-state index >= 15 is 0 Å². The summed E-state index contributed by atoms with van der Waals surface area (Å²) in [4.78, 5) is 11.2. The Balaban J connectivity index is 1.38. The molecule has 1 N–H and O–H groups in total. The Kier molecular flexibility index (Phi) is 6.07. The highest BCUT2D eigenvalue weighted by Gasteiger charge is 2.17. The van der Waals surface area contributed by atoms with Gasteiger partial charge >= 0.3 is 0 Å². The third kappa shape index (κ3) is 4.89. The number of hydrogen-bond acceptors (Lipinski definition) is 6. The molecule has 0 radical (unpaired) electrons. The van der Waals surface area contributed by atoms with Crippen molar-refractivity contribution in [2.75, 3.05) is 43.1 Å². The number of anilines is 3. The fourth-order valence-electron chi connectivity index (χ4n) is 3.51. The summed E-state index contributed by atoms with van der Waals surface area (Å²) in [5.41, 5.74) is 3.03. The molecular weight excluding hydrogens is 364 g/mol. The van der Waals surface area contributed by atoms with Crippen molar-refractivity contribution >= 4 is 28.9 Å². The molecule has 3 heterocycles. The van der Waals surface area contributed by atoms with Gasteiger partial charge in [-0.2, -0.15) is 0 Å². The number of hydrogen-bond donors (Lipinski definition) is 1. The third-order valence-electron chi connectivity index (χ3n) is 5.04. The molecule has 2 saturated heterocycles. The number of aromatic nitrogens is 2. The maximum atomic E-state index is 6.28. The molecule has 7 heteroatoms. The number of morpholine rings is 1. The molecule has 0 unspecified atom stereocenters. The van der Waals surface area contributed by atoms with E-state index in [0.29, 0.717) is 17.1 Å². The summed E-state index contributed by atoms with van der Waals surface area (Å²) in [6.07, 6.45) is 6.03. The minimum Gasteiger partial charge on any atom is -0.378 e. The summed E-state index contributed by atoms with van der Waals surface area (Å²) in [5.74, 6) is 0.570. The monoisotopic (exact) mass is 388 g/mol. The van der Waals surface area contributed by atoms with E-state index in [1.807, 2.05) is 0 Å². The Labute approximate surface area is 164 Å². The van der Waals surface area contributed by atoms with Crippen molar-refractivity contribution in [2.24, 2.45) is 0 Å². The van der Waals surface area contributed by atoms with Gasteiger partial charge in [-0.3, -0.25) is 0 Å². The summed E-state index contributed by atoms with van der Waals surface area (Å²) in [6, 6.07) is 8.33. The van der Waals surface area contributed by atoms with E-state index in [2.05, 4.69) is 44.5 Å². The first-order valence-corrected chi connectivity index (χ1v) is 9.98. The molecule has 0 spiro atoms. The standard InChI is InChI=1S/C20H25ClN4O2/c21-18-14-22-20(24-19(18)8-7-17-2-1-11-27-17)23-15-3-5-16(6-4-15)25-9-12-26-13-10-25/h3-6,14,17H,1-2,7-13H2,(H,22,23,24)/t17-/m0/s1. The molecule has 2 fully saturated rings. The largest absolute Gasteiger partial charge is 0.378 e. The van der Waals surface area contributed by atoms with Crippen LogP contribution in [-0.2, 0) is 15.9 Å². The number of aryl methyl sites for hydroxylation is 1. The van der Waals surface area contributed by atoms with Crippen molar-refractivity contribution in [3.63, 3.8) is 0 Å². The SMILES string of the molecule is Clc1cnc(Nc2ccc(N3CCOCC3)cc2)nc1CC[C@@H]1CCCO1. The lowest BCUT2D eigenvalue weighted by atomic mass is 10.1. The van der Waals surface area contributed by atoms with Gasteiger partial charge in [-0.15, -0.1) is 0 Å². The Morgan fingerprint density at radius 1 is 1.15 bits per heavy atom. The zero-order valence-corrected chi connectivity index (χ0v) is 16.1. The first-order valence-electron chi connectivity index (χ1n) is 9.61. The van der Waals surface area contributed by atoms with Gasteiger partial charge in [0.1, 0.15) is 0 Å². The van der Waals surface area contributed by atoms with E-state index in [1.165, 1.54) is 5.69 Å². The van der Waals surface area contributed by atoms with Crippen molar-refractivity contribution < 1.29 is 9.47 Å². The van der Waals surface area contributed by atoms with Crippen LogP contribution in [0.2, 0.25) is 5.02 Å². The van der Waals surface area contributed by atoms with E-state index in [0.717, 1.165) is 70.0 Å². The summed E-state index contributed by atoms with van der Waals surface area (Å²) in [5, 5.41) is 3.89. The summed E-state index contributed by atoms with van der Waals surface area (Å²) in [7, 11) is 0. The molecule has 2 aromatic rings. The first-order chi connectivity index (χ1) is 13.3. The van der Waals surface area contributed by atoms with Crippen molar-refractivity contribution in [3.05, 3.63) is 41.2 Å². The quantitative estimate of drug-likeness (QED) is 0.811. The van der Waals surface area contributed by atoms with E-state index in [1.54, 1.807) is 6.20 Å². The maximum Gasteiger partial charge on any atom is 0.227 e. The Bertz CT molecular complexity index is 744. The molecule has 0 bridgehead atoms. The van der Waals surface area contributed by atoms with Gasteiger partial charge < -0.3 is 19.7 Å². The van der Waals surface area contributed by atoms with Crippen molar-refractivity contribution in [2.45, 2.75) is 31.8 Å². The topological polar surface area (TPSA) is 59.5 Å². The average molecular weight is 389 g/mol. The van der Waals surface area contributed by atoms with Crippen LogP contribution in [0, 0.1) is 0 Å². The highest BCUT2D eigenvalue weighted by atomic mass is 35.5. The summed E-state index contributed by atoms with van der Waals surface area (Å²) < 4.78 is 11.1. The summed E-state index contributed by atoms with van der Waals surface area (Å²) >= 11 is 6.28. The molecule has 4 rings (SSSR count). The summed E-state index contributed by atoms with van der Waals surface area (Å²) in [6.45, 7) is 4.30. The predicted molar refractivity (Wildman–Crippen MR) is 107 cm³/mol. The number of rotatable bonds is 6. The van der Waals surface area contributed by atoms with Crippen LogP contribution in [0.5, 0.6) is 0 Å². The van der Waals surface area contributed by atoms with E-state index in [4.69, 9.17) is 21.1 Å². The van der Waals surface area contributed by atoms with Crippen molar-refractivity contribution in [1.29, 1.82) is 0 Å². The van der Waals surface area contributed by atoms with Crippen LogP contribution >= 0.6 is 11.6 Å². The second kappa shape index (κ2) is 8.87. The number of benzene rings is 1. The Morgan fingerprint density at radius 2 is 1.96 bits per heavy atom. The molecule has 1 atom stereocenters. The van der Waals surface area contributed by atoms with E-state index in [9.17, 15) is 0 Å². The first kappa shape index (κ1) is 18.5. The lowest BCUT2D eigenvalue weighted by Gasteiger charge is -2.28. The highest BCUT2D eigenvalue weighted by Crippen LogP contribution is 2.24. The minimum absolute atomic E-state index is 0.333. The van der Waals surface area contributed by atoms with Crippen LogP contribution in [0.15, 0.2) is 30.5 Å². The molecule has 1 aromatic heterocycles. The van der Waals surface area contributed by atoms with Gasteiger partial charge in [-0.05, 0) is 49.9 Å². The molecule has 0 aliphatic carbocycles. The zero-order chi connectivity index (χ0) is 18.5. The van der Waals surface area contributed by atoms with Crippen LogP contribution in [0.4, 0.5) is 17.3 Å². The van der Waals surface area contributed by atoms with E-state index in [-0.39, 0.29) is 0 Å². The van der Waals surface area contributed by atoms with Gasteiger partial charge in [-0.1, -0.05) is 11.6 Å². The van der Waals surface area contributed by atoms with Crippen molar-refractivity contribution in [3.8, 4) is 0 Å². The number of nitrogens with zero attached hydrogens (tertiary/aromatic N) is 3. The molecule has 1 aromatic carbocycles. The second-order valence-corrected chi connectivity index (χ2v) is 7.34. The molecule has 0 saturated carbocycles.